The number of carbonyl (C=O) groups is 1. The summed E-state index contributed by atoms with van der Waals surface area (Å²) >= 11 is 0. The van der Waals surface area contributed by atoms with Gasteiger partial charge in [0.15, 0.2) is 5.78 Å². The molecule has 1 unspecified atom stereocenters. The summed E-state index contributed by atoms with van der Waals surface area (Å²) in [6, 6.07) is 0. The van der Waals surface area contributed by atoms with E-state index in [1.165, 1.54) is 6.26 Å². The third-order valence-corrected chi connectivity index (χ3v) is 4.02. The largest absolute Gasteiger partial charge is 0.368 e. The molecule has 1 aliphatic heterocycles. The zero-order valence-corrected chi connectivity index (χ0v) is 12.0. The van der Waals surface area contributed by atoms with Gasteiger partial charge < -0.3 is 4.74 Å². The Kier molecular flexibility index (Phi) is 6.25. The normalized spacial score (nSPS) is 22.0. The molecule has 0 radical (unpaired) electrons. The Hall–Kier alpha value is -0.460. The molecule has 1 aliphatic rings. The van der Waals surface area contributed by atoms with E-state index in [9.17, 15) is 13.2 Å². The Morgan fingerprint density at radius 3 is 2.78 bits per heavy atom. The van der Waals surface area contributed by atoms with Gasteiger partial charge in [-0.05, 0) is 19.4 Å². The average Bonchev–Trinajstić information content (AvgIpc) is 2.28. The quantitative estimate of drug-likeness (QED) is 0.678. The van der Waals surface area contributed by atoms with Crippen LogP contribution >= 0.6 is 0 Å². The predicted molar refractivity (Wildman–Crippen MR) is 70.4 cm³/mol. The van der Waals surface area contributed by atoms with Gasteiger partial charge in [-0.2, -0.15) is 0 Å². The second-order valence-electron chi connectivity index (χ2n) is 4.86. The Morgan fingerprint density at radius 1 is 1.44 bits per heavy atom. The van der Waals surface area contributed by atoms with Crippen molar-refractivity contribution in [2.45, 2.75) is 32.3 Å². The maximum absolute atomic E-state index is 11.9. The molecule has 0 aromatic rings. The van der Waals surface area contributed by atoms with Crippen molar-refractivity contribution in [2.24, 2.45) is 0 Å². The number of ether oxygens (including phenoxy) is 1. The van der Waals surface area contributed by atoms with Crippen molar-refractivity contribution < 1.29 is 17.9 Å². The van der Waals surface area contributed by atoms with Gasteiger partial charge in [0.1, 0.15) is 15.9 Å². The van der Waals surface area contributed by atoms with Gasteiger partial charge in [0, 0.05) is 25.8 Å². The van der Waals surface area contributed by atoms with E-state index in [0.29, 0.717) is 19.6 Å². The maximum atomic E-state index is 11.9. The molecule has 0 amide bonds. The van der Waals surface area contributed by atoms with E-state index >= 15 is 0 Å². The number of nitrogens with zero attached hydrogens (tertiary/aromatic N) is 1. The first kappa shape index (κ1) is 15.6. The zero-order chi connectivity index (χ0) is 13.6. The number of rotatable bonds is 7. The molecule has 1 heterocycles. The molecule has 0 saturated carbocycles. The first-order valence-electron chi connectivity index (χ1n) is 6.47. The minimum atomic E-state index is -2.97. The molecule has 0 aromatic carbocycles. The smallest absolute Gasteiger partial charge is 0.162 e. The lowest BCUT2D eigenvalue weighted by Crippen LogP contribution is -2.46. The van der Waals surface area contributed by atoms with Crippen LogP contribution < -0.4 is 0 Å². The minimum absolute atomic E-state index is 0.0273. The van der Waals surface area contributed by atoms with E-state index in [4.69, 9.17) is 4.74 Å². The van der Waals surface area contributed by atoms with Crippen LogP contribution in [0.1, 0.15) is 26.2 Å². The molecule has 5 nitrogen and oxygen atoms in total. The number of sulfone groups is 1. The van der Waals surface area contributed by atoms with Gasteiger partial charge >= 0.3 is 0 Å². The minimum Gasteiger partial charge on any atom is -0.368 e. The number of hydrogen-bond acceptors (Lipinski definition) is 5. The molecule has 6 heteroatoms. The SMILES string of the molecule is CCCN1CCOC(C(=O)CCCS(C)(=O)=O)C1. The van der Waals surface area contributed by atoms with Crippen molar-refractivity contribution in [3.63, 3.8) is 0 Å². The lowest BCUT2D eigenvalue weighted by Gasteiger charge is -2.31. The van der Waals surface area contributed by atoms with Crippen molar-refractivity contribution in [3.05, 3.63) is 0 Å². The molecule has 0 aromatic heterocycles. The van der Waals surface area contributed by atoms with Crippen LogP contribution in [0.2, 0.25) is 0 Å². The number of morpholine rings is 1. The van der Waals surface area contributed by atoms with Crippen molar-refractivity contribution in [2.75, 3.05) is 38.2 Å². The highest BCUT2D eigenvalue weighted by Gasteiger charge is 2.25. The van der Waals surface area contributed by atoms with Gasteiger partial charge in [0.05, 0.1) is 12.4 Å². The highest BCUT2D eigenvalue weighted by Crippen LogP contribution is 2.10. The van der Waals surface area contributed by atoms with E-state index in [0.717, 1.165) is 19.5 Å². The number of carbonyl (C=O) groups excluding carboxylic acids is 1. The van der Waals surface area contributed by atoms with Crippen LogP contribution in [-0.2, 0) is 19.4 Å². The molecule has 1 atom stereocenters. The Bertz CT molecular complexity index is 364. The molecular weight excluding hydrogens is 254 g/mol. The third kappa shape index (κ3) is 5.93. The van der Waals surface area contributed by atoms with Gasteiger partial charge in [0.2, 0.25) is 0 Å². The summed E-state index contributed by atoms with van der Waals surface area (Å²) in [5, 5.41) is 0. The molecular formula is C12H23NO4S. The summed E-state index contributed by atoms with van der Waals surface area (Å²) in [5.74, 6) is 0.101. The standard InChI is InChI=1S/C12H23NO4S/c1-3-6-13-7-8-17-12(10-13)11(14)5-4-9-18(2,15)16/h12H,3-10H2,1-2H3. The Morgan fingerprint density at radius 2 is 2.17 bits per heavy atom. The van der Waals surface area contributed by atoms with Crippen LogP contribution in [0.15, 0.2) is 0 Å². The molecule has 106 valence electrons. The van der Waals surface area contributed by atoms with Crippen LogP contribution in [0.25, 0.3) is 0 Å². The second-order valence-corrected chi connectivity index (χ2v) is 7.12. The topological polar surface area (TPSA) is 63.7 Å². The van der Waals surface area contributed by atoms with Gasteiger partial charge in [0.25, 0.3) is 0 Å². The molecule has 0 bridgehead atoms. The molecule has 1 fully saturated rings. The number of hydrogen-bond donors (Lipinski definition) is 0. The molecule has 0 N–H and O–H groups in total. The molecule has 1 rings (SSSR count). The van der Waals surface area contributed by atoms with Crippen LogP contribution in [0, 0.1) is 0 Å². The van der Waals surface area contributed by atoms with Gasteiger partial charge in [-0.15, -0.1) is 0 Å². The van der Waals surface area contributed by atoms with E-state index in [1.54, 1.807) is 0 Å². The van der Waals surface area contributed by atoms with Gasteiger partial charge in [-0.3, -0.25) is 9.69 Å². The lowest BCUT2D eigenvalue weighted by atomic mass is 10.1. The van der Waals surface area contributed by atoms with E-state index in [1.807, 2.05) is 0 Å². The fourth-order valence-electron chi connectivity index (χ4n) is 2.09. The zero-order valence-electron chi connectivity index (χ0n) is 11.2. The Labute approximate surface area is 109 Å². The van der Waals surface area contributed by atoms with Crippen LogP contribution in [0.3, 0.4) is 0 Å². The lowest BCUT2D eigenvalue weighted by molar-refractivity contribution is -0.136. The molecule has 0 aliphatic carbocycles. The number of Topliss-reactive ketones (excluding diaryl/α,β-unsaturated/α-hetero) is 1. The Balaban J connectivity index is 2.32. The maximum Gasteiger partial charge on any atom is 0.162 e. The van der Waals surface area contributed by atoms with Gasteiger partial charge in [-0.1, -0.05) is 6.92 Å². The van der Waals surface area contributed by atoms with Crippen molar-refractivity contribution >= 4 is 15.6 Å². The van der Waals surface area contributed by atoms with E-state index in [-0.39, 0.29) is 24.1 Å². The first-order chi connectivity index (χ1) is 8.42. The summed E-state index contributed by atoms with van der Waals surface area (Å²) in [5.41, 5.74) is 0. The summed E-state index contributed by atoms with van der Waals surface area (Å²) in [6.07, 6.45) is 2.57. The first-order valence-corrected chi connectivity index (χ1v) is 8.53. The molecule has 0 spiro atoms. The molecule has 18 heavy (non-hydrogen) atoms. The fourth-order valence-corrected chi connectivity index (χ4v) is 2.75. The van der Waals surface area contributed by atoms with Gasteiger partial charge in [-0.25, -0.2) is 8.42 Å². The van der Waals surface area contributed by atoms with Crippen molar-refractivity contribution in [1.82, 2.24) is 4.90 Å². The van der Waals surface area contributed by atoms with E-state index < -0.39 is 9.84 Å². The van der Waals surface area contributed by atoms with E-state index in [2.05, 4.69) is 11.8 Å². The highest BCUT2D eigenvalue weighted by atomic mass is 32.2. The monoisotopic (exact) mass is 277 g/mol. The number of ketones is 1. The molecule has 1 saturated heterocycles. The van der Waals surface area contributed by atoms with Crippen LogP contribution in [-0.4, -0.2) is 63.5 Å². The summed E-state index contributed by atoms with van der Waals surface area (Å²) in [6.45, 7) is 5.20. The summed E-state index contributed by atoms with van der Waals surface area (Å²) in [4.78, 5) is 14.1. The third-order valence-electron chi connectivity index (χ3n) is 2.99. The highest BCUT2D eigenvalue weighted by molar-refractivity contribution is 7.90. The fraction of sp³-hybridized carbons (Fsp3) is 0.917. The predicted octanol–water partition coefficient (Wildman–Crippen LogP) is 0.491. The average molecular weight is 277 g/mol. The summed E-state index contributed by atoms with van der Waals surface area (Å²) < 4.78 is 27.4. The van der Waals surface area contributed by atoms with Crippen LogP contribution in [0.4, 0.5) is 0 Å². The van der Waals surface area contributed by atoms with Crippen molar-refractivity contribution in [1.29, 1.82) is 0 Å². The van der Waals surface area contributed by atoms with Crippen LogP contribution in [0.5, 0.6) is 0 Å². The summed E-state index contributed by atoms with van der Waals surface area (Å²) in [7, 11) is -2.97. The van der Waals surface area contributed by atoms with Crippen molar-refractivity contribution in [3.8, 4) is 0 Å². The second kappa shape index (κ2) is 7.21.